The number of aromatic nitrogens is 2. The number of halogens is 1. The van der Waals surface area contributed by atoms with Gasteiger partial charge in [0.25, 0.3) is 0 Å². The molecule has 0 bridgehead atoms. The third kappa shape index (κ3) is 3.05. The summed E-state index contributed by atoms with van der Waals surface area (Å²) in [7, 11) is 0. The van der Waals surface area contributed by atoms with Gasteiger partial charge in [-0.3, -0.25) is 9.13 Å². The third-order valence-corrected chi connectivity index (χ3v) is 2.97. The molecule has 2 aromatic rings. The fourth-order valence-electron chi connectivity index (χ4n) is 1.91. The fourth-order valence-corrected chi connectivity index (χ4v) is 1.91. The van der Waals surface area contributed by atoms with Crippen molar-refractivity contribution in [1.29, 1.82) is 0 Å². The first kappa shape index (κ1) is 13.4. The van der Waals surface area contributed by atoms with Crippen LogP contribution in [0.3, 0.4) is 0 Å². The Kier molecular flexibility index (Phi) is 4.04. The van der Waals surface area contributed by atoms with Crippen molar-refractivity contribution in [1.82, 2.24) is 9.13 Å². The molecule has 0 amide bonds. The highest BCUT2D eigenvalue weighted by molar-refractivity contribution is 5.44. The van der Waals surface area contributed by atoms with Gasteiger partial charge in [-0.2, -0.15) is 0 Å². The third-order valence-electron chi connectivity index (χ3n) is 2.97. The van der Waals surface area contributed by atoms with E-state index in [1.807, 2.05) is 13.8 Å². The molecule has 0 aliphatic rings. The Bertz CT molecular complexity index is 601. The van der Waals surface area contributed by atoms with Gasteiger partial charge in [-0.25, -0.2) is 9.18 Å². The Balaban J connectivity index is 1.97. The van der Waals surface area contributed by atoms with E-state index in [-0.39, 0.29) is 17.5 Å². The van der Waals surface area contributed by atoms with E-state index in [0.29, 0.717) is 18.8 Å². The molecule has 0 spiro atoms. The maximum absolute atomic E-state index is 13.4. The molecule has 4 nitrogen and oxygen atoms in total. The van der Waals surface area contributed by atoms with E-state index in [1.165, 1.54) is 6.07 Å². The van der Waals surface area contributed by atoms with E-state index < -0.39 is 0 Å². The molecule has 19 heavy (non-hydrogen) atoms. The van der Waals surface area contributed by atoms with Crippen LogP contribution in [0.15, 0.2) is 41.5 Å². The van der Waals surface area contributed by atoms with Gasteiger partial charge in [0, 0.05) is 31.5 Å². The molecule has 0 aliphatic carbocycles. The zero-order valence-corrected chi connectivity index (χ0v) is 11.1. The summed E-state index contributed by atoms with van der Waals surface area (Å²) in [6.45, 7) is 4.93. The first-order valence-corrected chi connectivity index (χ1v) is 6.35. The van der Waals surface area contributed by atoms with Gasteiger partial charge in [-0.05, 0) is 26.0 Å². The molecular formula is C14H18FN3O. The number of nitrogens with one attached hydrogen (secondary N) is 1. The number of hydrogen-bond donors (Lipinski definition) is 1. The van der Waals surface area contributed by atoms with E-state index in [9.17, 15) is 9.18 Å². The standard InChI is InChI=1S/C14H18FN3O/c1-11(2)18-10-9-17(14(18)19)8-7-16-13-6-4-3-5-12(13)15/h3-6,9-11,16H,7-8H2,1-2H3. The van der Waals surface area contributed by atoms with Gasteiger partial charge in [-0.15, -0.1) is 0 Å². The second kappa shape index (κ2) is 5.73. The second-order valence-electron chi connectivity index (χ2n) is 4.68. The van der Waals surface area contributed by atoms with Crippen LogP contribution >= 0.6 is 0 Å². The summed E-state index contributed by atoms with van der Waals surface area (Å²) in [4.78, 5) is 11.9. The molecule has 0 saturated carbocycles. The summed E-state index contributed by atoms with van der Waals surface area (Å²) in [5, 5.41) is 2.98. The van der Waals surface area contributed by atoms with Crippen molar-refractivity contribution in [2.75, 3.05) is 11.9 Å². The molecule has 1 aromatic heterocycles. The predicted octanol–water partition coefficient (Wildman–Crippen LogP) is 2.48. The first-order valence-electron chi connectivity index (χ1n) is 6.35. The van der Waals surface area contributed by atoms with Crippen LogP contribution in [0.25, 0.3) is 0 Å². The van der Waals surface area contributed by atoms with E-state index in [4.69, 9.17) is 0 Å². The lowest BCUT2D eigenvalue weighted by molar-refractivity contribution is 0.554. The molecular weight excluding hydrogens is 245 g/mol. The van der Waals surface area contributed by atoms with Crippen molar-refractivity contribution in [2.24, 2.45) is 0 Å². The van der Waals surface area contributed by atoms with E-state index in [2.05, 4.69) is 5.32 Å². The predicted molar refractivity (Wildman–Crippen MR) is 74.0 cm³/mol. The van der Waals surface area contributed by atoms with Crippen LogP contribution in [0, 0.1) is 5.82 Å². The van der Waals surface area contributed by atoms with Gasteiger partial charge >= 0.3 is 5.69 Å². The highest BCUT2D eigenvalue weighted by atomic mass is 19.1. The van der Waals surface area contributed by atoms with Crippen molar-refractivity contribution in [3.8, 4) is 0 Å². The van der Waals surface area contributed by atoms with Crippen molar-refractivity contribution in [2.45, 2.75) is 26.4 Å². The van der Waals surface area contributed by atoms with Crippen molar-refractivity contribution in [3.05, 3.63) is 53.0 Å². The number of imidazole rings is 1. The number of hydrogen-bond acceptors (Lipinski definition) is 2. The summed E-state index contributed by atoms with van der Waals surface area (Å²) in [5.74, 6) is -0.283. The number of rotatable bonds is 5. The zero-order valence-electron chi connectivity index (χ0n) is 11.1. The molecule has 2 rings (SSSR count). The molecule has 1 N–H and O–H groups in total. The molecule has 0 radical (unpaired) electrons. The summed E-state index contributed by atoms with van der Waals surface area (Å²) >= 11 is 0. The highest BCUT2D eigenvalue weighted by Gasteiger charge is 2.06. The van der Waals surface area contributed by atoms with Crippen LogP contribution in [-0.2, 0) is 6.54 Å². The maximum Gasteiger partial charge on any atom is 0.328 e. The monoisotopic (exact) mass is 263 g/mol. The Hall–Kier alpha value is -2.04. The van der Waals surface area contributed by atoms with E-state index >= 15 is 0 Å². The van der Waals surface area contributed by atoms with Gasteiger partial charge in [0.05, 0.1) is 5.69 Å². The fraction of sp³-hybridized carbons (Fsp3) is 0.357. The number of nitrogens with zero attached hydrogens (tertiary/aromatic N) is 2. The van der Waals surface area contributed by atoms with Gasteiger partial charge in [-0.1, -0.05) is 12.1 Å². The lowest BCUT2D eigenvalue weighted by Gasteiger charge is -2.08. The van der Waals surface area contributed by atoms with Crippen molar-refractivity contribution >= 4 is 5.69 Å². The van der Waals surface area contributed by atoms with Gasteiger partial charge in [0.2, 0.25) is 0 Å². The minimum absolute atomic E-state index is 0.0367. The molecule has 0 unspecified atom stereocenters. The Morgan fingerprint density at radius 1 is 1.26 bits per heavy atom. The van der Waals surface area contributed by atoms with Gasteiger partial charge in [0.1, 0.15) is 5.82 Å². The van der Waals surface area contributed by atoms with Crippen LogP contribution in [0.4, 0.5) is 10.1 Å². The summed E-state index contributed by atoms with van der Waals surface area (Å²) < 4.78 is 16.7. The summed E-state index contributed by atoms with van der Waals surface area (Å²) in [6, 6.07) is 6.65. The largest absolute Gasteiger partial charge is 0.381 e. The lowest BCUT2D eigenvalue weighted by Crippen LogP contribution is -2.27. The Labute approximate surface area is 111 Å². The number of anilines is 1. The Morgan fingerprint density at radius 2 is 2.00 bits per heavy atom. The minimum atomic E-state index is -0.283. The molecule has 1 aromatic carbocycles. The summed E-state index contributed by atoms with van der Waals surface area (Å²) in [5.41, 5.74) is 0.421. The molecule has 0 aliphatic heterocycles. The Morgan fingerprint density at radius 3 is 2.63 bits per heavy atom. The number of para-hydroxylation sites is 1. The van der Waals surface area contributed by atoms with Crippen LogP contribution < -0.4 is 11.0 Å². The molecule has 0 atom stereocenters. The second-order valence-corrected chi connectivity index (χ2v) is 4.68. The van der Waals surface area contributed by atoms with Gasteiger partial charge in [0.15, 0.2) is 0 Å². The normalized spacial score (nSPS) is 10.9. The van der Waals surface area contributed by atoms with Crippen LogP contribution in [0.5, 0.6) is 0 Å². The SMILES string of the molecule is CC(C)n1ccn(CCNc2ccccc2F)c1=O. The van der Waals surface area contributed by atoms with Crippen molar-refractivity contribution in [3.63, 3.8) is 0 Å². The smallest absolute Gasteiger partial charge is 0.328 e. The average Bonchev–Trinajstić information content (AvgIpc) is 2.74. The van der Waals surface area contributed by atoms with E-state index in [0.717, 1.165) is 0 Å². The molecule has 1 heterocycles. The quantitative estimate of drug-likeness (QED) is 0.900. The molecule has 102 valence electrons. The average molecular weight is 263 g/mol. The minimum Gasteiger partial charge on any atom is -0.381 e. The molecule has 0 saturated heterocycles. The van der Waals surface area contributed by atoms with E-state index in [1.54, 1.807) is 39.7 Å². The van der Waals surface area contributed by atoms with Crippen LogP contribution in [0.2, 0.25) is 0 Å². The maximum atomic E-state index is 13.4. The zero-order chi connectivity index (χ0) is 13.8. The molecule has 0 fully saturated rings. The molecule has 5 heteroatoms. The highest BCUT2D eigenvalue weighted by Crippen LogP contribution is 2.11. The van der Waals surface area contributed by atoms with Crippen molar-refractivity contribution < 1.29 is 4.39 Å². The van der Waals surface area contributed by atoms with Gasteiger partial charge < -0.3 is 5.32 Å². The van der Waals surface area contributed by atoms with Crippen LogP contribution in [-0.4, -0.2) is 15.7 Å². The number of benzene rings is 1. The topological polar surface area (TPSA) is 39.0 Å². The first-order chi connectivity index (χ1) is 9.09. The van der Waals surface area contributed by atoms with Crippen LogP contribution in [0.1, 0.15) is 19.9 Å². The lowest BCUT2D eigenvalue weighted by atomic mass is 10.3. The summed E-state index contributed by atoms with van der Waals surface area (Å²) in [6.07, 6.45) is 3.53.